The smallest absolute Gasteiger partial charge is 0.428 e. The van der Waals surface area contributed by atoms with Crippen molar-refractivity contribution < 1.29 is 36.7 Å². The SMILES string of the molecule is CON=C(C#N)C(=O)NC(=O)Nc1ccc(OC(F)(F)C(F)F)cc1. The van der Waals surface area contributed by atoms with Gasteiger partial charge in [-0.1, -0.05) is 5.16 Å². The summed E-state index contributed by atoms with van der Waals surface area (Å²) in [4.78, 5) is 27.2. The van der Waals surface area contributed by atoms with Crippen LogP contribution in [0, 0.1) is 11.3 Å². The summed E-state index contributed by atoms with van der Waals surface area (Å²) in [5, 5.41) is 15.6. The van der Waals surface area contributed by atoms with Crippen LogP contribution < -0.4 is 15.4 Å². The van der Waals surface area contributed by atoms with Gasteiger partial charge < -0.3 is 14.9 Å². The lowest BCUT2D eigenvalue weighted by molar-refractivity contribution is -0.253. The number of anilines is 1. The minimum Gasteiger partial charge on any atom is -0.428 e. The molecule has 1 aromatic rings. The molecule has 0 aliphatic rings. The third-order valence-electron chi connectivity index (χ3n) is 2.35. The number of carbonyl (C=O) groups is 2. The Labute approximate surface area is 138 Å². The van der Waals surface area contributed by atoms with E-state index in [9.17, 15) is 27.2 Å². The van der Waals surface area contributed by atoms with Crippen LogP contribution in [0.4, 0.5) is 28.0 Å². The number of amides is 3. The third kappa shape index (κ3) is 5.98. The summed E-state index contributed by atoms with van der Waals surface area (Å²) >= 11 is 0. The number of carbonyl (C=O) groups excluding carboxylic acids is 2. The fourth-order valence-electron chi connectivity index (χ4n) is 1.34. The molecule has 0 aromatic heterocycles. The minimum atomic E-state index is -4.66. The molecule has 1 aromatic carbocycles. The molecule has 0 unspecified atom stereocenters. The van der Waals surface area contributed by atoms with Crippen molar-refractivity contribution in [2.45, 2.75) is 12.5 Å². The van der Waals surface area contributed by atoms with Gasteiger partial charge in [0.05, 0.1) is 0 Å². The second kappa shape index (κ2) is 8.48. The highest BCUT2D eigenvalue weighted by atomic mass is 19.3. The highest BCUT2D eigenvalue weighted by Crippen LogP contribution is 2.28. The topological polar surface area (TPSA) is 113 Å². The molecule has 12 heteroatoms. The first-order valence-electron chi connectivity index (χ1n) is 6.28. The summed E-state index contributed by atoms with van der Waals surface area (Å²) in [6.45, 7) is 0. The molecule has 2 N–H and O–H groups in total. The van der Waals surface area contributed by atoms with E-state index in [2.05, 4.69) is 20.0 Å². The van der Waals surface area contributed by atoms with Gasteiger partial charge in [0.15, 0.2) is 0 Å². The molecule has 0 fully saturated rings. The Bertz CT molecular complexity index is 701. The third-order valence-corrected chi connectivity index (χ3v) is 2.35. The van der Waals surface area contributed by atoms with Gasteiger partial charge in [-0.15, -0.1) is 0 Å². The van der Waals surface area contributed by atoms with Crippen LogP contribution in [-0.4, -0.2) is 37.3 Å². The second-order valence-corrected chi connectivity index (χ2v) is 4.13. The minimum absolute atomic E-state index is 0.0280. The van der Waals surface area contributed by atoms with Gasteiger partial charge >= 0.3 is 18.6 Å². The largest absolute Gasteiger partial charge is 0.461 e. The summed E-state index contributed by atoms with van der Waals surface area (Å²) in [7, 11) is 1.09. The number of nitriles is 1. The van der Waals surface area contributed by atoms with Gasteiger partial charge in [-0.05, 0) is 24.3 Å². The molecule has 0 aliphatic carbocycles. The Morgan fingerprint density at radius 1 is 1.28 bits per heavy atom. The van der Waals surface area contributed by atoms with E-state index in [4.69, 9.17) is 5.26 Å². The molecule has 3 amide bonds. The lowest BCUT2D eigenvalue weighted by Gasteiger charge is -2.16. The highest BCUT2D eigenvalue weighted by Gasteiger charge is 2.43. The average Bonchev–Trinajstić information content (AvgIpc) is 2.53. The molecule has 0 spiro atoms. The molecule has 0 atom stereocenters. The Kier molecular flexibility index (Phi) is 6.68. The van der Waals surface area contributed by atoms with E-state index < -0.39 is 35.9 Å². The van der Waals surface area contributed by atoms with Gasteiger partial charge in [0.1, 0.15) is 18.9 Å². The maximum atomic E-state index is 12.7. The number of nitrogens with zero attached hydrogens (tertiary/aromatic N) is 2. The first-order chi connectivity index (χ1) is 11.7. The predicted molar refractivity (Wildman–Crippen MR) is 75.2 cm³/mol. The monoisotopic (exact) mass is 362 g/mol. The summed E-state index contributed by atoms with van der Waals surface area (Å²) in [6.07, 6.45) is -8.67. The fraction of sp³-hybridized carbons (Fsp3) is 0.231. The molecule has 25 heavy (non-hydrogen) atoms. The Balaban J connectivity index is 2.66. The standard InChI is InChI=1S/C13H10F4N4O4/c1-24-21-9(6-18)10(22)20-12(23)19-7-2-4-8(5-3-7)25-13(16,17)11(14)15/h2-5,11H,1H3,(H2,19,20,22,23). The first kappa shape index (κ1) is 19.7. The summed E-state index contributed by atoms with van der Waals surface area (Å²) in [6, 6.07) is 4.27. The van der Waals surface area contributed by atoms with Crippen LogP contribution in [0.3, 0.4) is 0 Å². The van der Waals surface area contributed by atoms with E-state index in [-0.39, 0.29) is 5.69 Å². The average molecular weight is 362 g/mol. The van der Waals surface area contributed by atoms with Gasteiger partial charge in [-0.2, -0.15) is 22.8 Å². The lowest BCUT2D eigenvalue weighted by Crippen LogP contribution is -2.38. The predicted octanol–water partition coefficient (Wildman–Crippen LogP) is 2.10. The first-order valence-corrected chi connectivity index (χ1v) is 6.28. The Morgan fingerprint density at radius 2 is 1.88 bits per heavy atom. The fourth-order valence-corrected chi connectivity index (χ4v) is 1.34. The maximum Gasteiger partial charge on any atom is 0.461 e. The number of imide groups is 1. The molecule has 8 nitrogen and oxygen atoms in total. The number of ether oxygens (including phenoxy) is 1. The lowest BCUT2D eigenvalue weighted by atomic mass is 10.3. The maximum absolute atomic E-state index is 12.7. The zero-order chi connectivity index (χ0) is 19.0. The van der Waals surface area contributed by atoms with E-state index in [0.717, 1.165) is 31.4 Å². The molecule has 0 aliphatic heterocycles. The molecule has 0 saturated heterocycles. The number of hydrogen-bond acceptors (Lipinski definition) is 6. The van der Waals surface area contributed by atoms with Crippen molar-refractivity contribution in [3.63, 3.8) is 0 Å². The summed E-state index contributed by atoms with van der Waals surface area (Å²) in [5.74, 6) is -1.70. The van der Waals surface area contributed by atoms with Crippen molar-refractivity contribution in [3.05, 3.63) is 24.3 Å². The van der Waals surface area contributed by atoms with Gasteiger partial charge in [0, 0.05) is 5.69 Å². The molecule has 1 rings (SSSR count). The van der Waals surface area contributed by atoms with Crippen LogP contribution in [0.15, 0.2) is 29.4 Å². The van der Waals surface area contributed by atoms with Gasteiger partial charge in [-0.3, -0.25) is 10.1 Å². The number of rotatable bonds is 6. The van der Waals surface area contributed by atoms with E-state index in [1.165, 1.54) is 6.07 Å². The van der Waals surface area contributed by atoms with Crippen LogP contribution in [0.5, 0.6) is 5.75 Å². The zero-order valence-electron chi connectivity index (χ0n) is 12.4. The molecule has 0 saturated carbocycles. The number of hydrogen-bond donors (Lipinski definition) is 2. The highest BCUT2D eigenvalue weighted by molar-refractivity contribution is 6.47. The molecule has 134 valence electrons. The number of halogens is 4. The van der Waals surface area contributed by atoms with E-state index >= 15 is 0 Å². The number of alkyl halides is 4. The Hall–Kier alpha value is -3.36. The van der Waals surface area contributed by atoms with Crippen molar-refractivity contribution >= 4 is 23.3 Å². The normalized spacial score (nSPS) is 11.5. The molecular weight excluding hydrogens is 352 g/mol. The second-order valence-electron chi connectivity index (χ2n) is 4.13. The van der Waals surface area contributed by atoms with Crippen molar-refractivity contribution in [2.24, 2.45) is 5.16 Å². The molecule has 0 heterocycles. The van der Waals surface area contributed by atoms with E-state index in [0.29, 0.717) is 0 Å². The van der Waals surface area contributed by atoms with Gasteiger partial charge in [0.25, 0.3) is 5.91 Å². The van der Waals surface area contributed by atoms with Crippen LogP contribution in [0.2, 0.25) is 0 Å². The number of benzene rings is 1. The van der Waals surface area contributed by atoms with Crippen molar-refractivity contribution in [1.29, 1.82) is 5.26 Å². The zero-order valence-corrected chi connectivity index (χ0v) is 12.4. The van der Waals surface area contributed by atoms with Crippen molar-refractivity contribution in [3.8, 4) is 11.8 Å². The number of nitrogens with one attached hydrogen (secondary N) is 2. The van der Waals surface area contributed by atoms with E-state index in [1.807, 2.05) is 0 Å². The van der Waals surface area contributed by atoms with Gasteiger partial charge in [-0.25, -0.2) is 4.79 Å². The summed E-state index contributed by atoms with van der Waals surface area (Å²) in [5.41, 5.74) is -0.684. The quantitative estimate of drug-likeness (QED) is 0.457. The van der Waals surface area contributed by atoms with Crippen LogP contribution >= 0.6 is 0 Å². The Morgan fingerprint density at radius 3 is 2.36 bits per heavy atom. The van der Waals surface area contributed by atoms with Crippen molar-refractivity contribution in [2.75, 3.05) is 12.4 Å². The summed E-state index contributed by atoms with van der Waals surface area (Å²) < 4.78 is 53.3. The molecule has 0 radical (unpaired) electrons. The number of oxime groups is 1. The van der Waals surface area contributed by atoms with E-state index in [1.54, 1.807) is 5.32 Å². The van der Waals surface area contributed by atoms with Crippen LogP contribution in [-0.2, 0) is 9.63 Å². The molecule has 0 bridgehead atoms. The van der Waals surface area contributed by atoms with Gasteiger partial charge in [0.2, 0.25) is 5.71 Å². The van der Waals surface area contributed by atoms with Crippen LogP contribution in [0.25, 0.3) is 0 Å². The van der Waals surface area contributed by atoms with Crippen molar-refractivity contribution in [1.82, 2.24) is 5.32 Å². The van der Waals surface area contributed by atoms with Crippen LogP contribution in [0.1, 0.15) is 0 Å². The molecular formula is C13H10F4N4O4. The number of urea groups is 1.